The zero-order valence-electron chi connectivity index (χ0n) is 9.61. The average molecular weight is 239 g/mol. The number of carboxylic acid groups (broad SMARTS) is 1. The first-order chi connectivity index (χ1) is 8.20. The minimum absolute atomic E-state index is 0.224. The molecule has 0 saturated heterocycles. The van der Waals surface area contributed by atoms with E-state index < -0.39 is 5.97 Å². The predicted molar refractivity (Wildman–Crippen MR) is 64.1 cm³/mol. The van der Waals surface area contributed by atoms with Crippen molar-refractivity contribution in [1.82, 2.24) is 9.97 Å². The van der Waals surface area contributed by atoms with Gasteiger partial charge in [-0.05, 0) is 12.8 Å². The van der Waals surface area contributed by atoms with Crippen LogP contribution in [0, 0.1) is 0 Å². The number of nitrogens with one attached hydrogen (secondary N) is 2. The Bertz CT molecular complexity index is 403. The molecule has 0 aliphatic carbocycles. The van der Waals surface area contributed by atoms with Gasteiger partial charge in [0.05, 0.1) is 0 Å². The number of rotatable bonds is 8. The van der Waals surface area contributed by atoms with Crippen molar-refractivity contribution in [3.05, 3.63) is 22.7 Å². The van der Waals surface area contributed by atoms with Crippen molar-refractivity contribution in [3.8, 4) is 0 Å². The second-order valence-corrected chi connectivity index (χ2v) is 3.75. The number of nitrogens with zero attached hydrogens (tertiary/aromatic N) is 1. The first kappa shape index (κ1) is 13.2. The van der Waals surface area contributed by atoms with Crippen LogP contribution in [-0.2, 0) is 4.79 Å². The Labute approximate surface area is 99.1 Å². The van der Waals surface area contributed by atoms with Crippen LogP contribution < -0.4 is 10.9 Å². The standard InChI is InChI=1S/C11H17N3O3/c15-9(16)5-3-1-2-4-6-12-10-11(17)14-8-7-13-10/h7-8H,1-6H2,(H,12,13)(H,14,17)(H,15,16). The first-order valence-corrected chi connectivity index (χ1v) is 5.69. The van der Waals surface area contributed by atoms with Crippen molar-refractivity contribution in [1.29, 1.82) is 0 Å². The summed E-state index contributed by atoms with van der Waals surface area (Å²) in [5.74, 6) is -0.416. The fraction of sp³-hybridized carbons (Fsp3) is 0.545. The zero-order valence-corrected chi connectivity index (χ0v) is 9.61. The topological polar surface area (TPSA) is 95.1 Å². The van der Waals surface area contributed by atoms with Gasteiger partial charge in [0.15, 0.2) is 5.82 Å². The van der Waals surface area contributed by atoms with Crippen molar-refractivity contribution in [2.75, 3.05) is 11.9 Å². The van der Waals surface area contributed by atoms with Gasteiger partial charge in [-0.2, -0.15) is 0 Å². The van der Waals surface area contributed by atoms with E-state index in [4.69, 9.17) is 5.11 Å². The molecule has 6 heteroatoms. The summed E-state index contributed by atoms with van der Waals surface area (Å²) in [6.45, 7) is 0.674. The molecular weight excluding hydrogens is 222 g/mol. The summed E-state index contributed by atoms with van der Waals surface area (Å²) in [6.07, 6.45) is 6.69. The highest BCUT2D eigenvalue weighted by atomic mass is 16.4. The molecule has 1 aromatic heterocycles. The van der Waals surface area contributed by atoms with Gasteiger partial charge in [0.25, 0.3) is 5.56 Å². The Morgan fingerprint density at radius 1 is 1.35 bits per heavy atom. The number of aromatic amines is 1. The Balaban J connectivity index is 2.07. The number of unbranched alkanes of at least 4 members (excludes halogenated alkanes) is 3. The normalized spacial score (nSPS) is 10.1. The van der Waals surface area contributed by atoms with Crippen LogP contribution in [0.15, 0.2) is 17.2 Å². The third-order valence-electron chi connectivity index (χ3n) is 2.32. The highest BCUT2D eigenvalue weighted by Crippen LogP contribution is 2.03. The molecule has 0 radical (unpaired) electrons. The van der Waals surface area contributed by atoms with E-state index in [1.54, 1.807) is 0 Å². The number of hydrogen-bond donors (Lipinski definition) is 3. The van der Waals surface area contributed by atoms with Gasteiger partial charge in [-0.15, -0.1) is 0 Å². The molecule has 94 valence electrons. The molecule has 0 unspecified atom stereocenters. The number of H-pyrrole nitrogens is 1. The minimum Gasteiger partial charge on any atom is -0.481 e. The van der Waals surface area contributed by atoms with Crippen LogP contribution in [0.4, 0.5) is 5.82 Å². The quantitative estimate of drug-likeness (QED) is 0.593. The fourth-order valence-corrected chi connectivity index (χ4v) is 1.44. The minimum atomic E-state index is -0.747. The summed E-state index contributed by atoms with van der Waals surface area (Å²) < 4.78 is 0. The molecule has 0 bridgehead atoms. The molecule has 0 saturated carbocycles. The van der Waals surface area contributed by atoms with Gasteiger partial charge in [-0.1, -0.05) is 12.8 Å². The number of aromatic nitrogens is 2. The summed E-state index contributed by atoms with van der Waals surface area (Å²) in [7, 11) is 0. The van der Waals surface area contributed by atoms with Crippen LogP contribution >= 0.6 is 0 Å². The molecule has 1 aromatic rings. The van der Waals surface area contributed by atoms with Gasteiger partial charge in [-0.25, -0.2) is 4.98 Å². The van der Waals surface area contributed by atoms with E-state index in [2.05, 4.69) is 15.3 Å². The van der Waals surface area contributed by atoms with Gasteiger partial charge in [-0.3, -0.25) is 9.59 Å². The summed E-state index contributed by atoms with van der Waals surface area (Å²) in [5.41, 5.74) is -0.224. The molecule has 6 nitrogen and oxygen atoms in total. The summed E-state index contributed by atoms with van der Waals surface area (Å²) >= 11 is 0. The van der Waals surface area contributed by atoms with Crippen molar-refractivity contribution in [2.24, 2.45) is 0 Å². The third kappa shape index (κ3) is 5.70. The Kier molecular flexibility index (Phi) is 5.77. The Morgan fingerprint density at radius 2 is 2.12 bits per heavy atom. The van der Waals surface area contributed by atoms with Crippen LogP contribution in [0.1, 0.15) is 32.1 Å². The number of carboxylic acids is 1. The fourth-order valence-electron chi connectivity index (χ4n) is 1.44. The lowest BCUT2D eigenvalue weighted by molar-refractivity contribution is -0.137. The Hall–Kier alpha value is -1.85. The van der Waals surface area contributed by atoms with Crippen LogP contribution in [0.25, 0.3) is 0 Å². The molecule has 0 aliphatic rings. The highest BCUT2D eigenvalue weighted by molar-refractivity contribution is 5.66. The summed E-state index contributed by atoms with van der Waals surface area (Å²) in [6, 6.07) is 0. The van der Waals surface area contributed by atoms with Crippen LogP contribution in [0.3, 0.4) is 0 Å². The van der Waals surface area contributed by atoms with E-state index in [0.29, 0.717) is 18.8 Å². The number of aliphatic carboxylic acids is 1. The monoisotopic (exact) mass is 239 g/mol. The van der Waals surface area contributed by atoms with Crippen molar-refractivity contribution >= 4 is 11.8 Å². The SMILES string of the molecule is O=C(O)CCCCCCNc1ncc[nH]c1=O. The van der Waals surface area contributed by atoms with E-state index >= 15 is 0 Å². The molecular formula is C11H17N3O3. The zero-order chi connectivity index (χ0) is 12.5. The average Bonchev–Trinajstić information content (AvgIpc) is 2.30. The van der Waals surface area contributed by atoms with Crippen molar-refractivity contribution < 1.29 is 9.90 Å². The summed E-state index contributed by atoms with van der Waals surface area (Å²) in [4.78, 5) is 27.9. The molecule has 0 fully saturated rings. The molecule has 3 N–H and O–H groups in total. The predicted octanol–water partition coefficient (Wildman–Crippen LogP) is 1.22. The van der Waals surface area contributed by atoms with Gasteiger partial charge < -0.3 is 15.4 Å². The third-order valence-corrected chi connectivity index (χ3v) is 2.32. The van der Waals surface area contributed by atoms with E-state index in [1.807, 2.05) is 0 Å². The lowest BCUT2D eigenvalue weighted by atomic mass is 10.1. The molecule has 0 amide bonds. The first-order valence-electron chi connectivity index (χ1n) is 5.69. The molecule has 1 heterocycles. The van der Waals surface area contributed by atoms with Gasteiger partial charge in [0.1, 0.15) is 0 Å². The highest BCUT2D eigenvalue weighted by Gasteiger charge is 1.99. The number of carbonyl (C=O) groups is 1. The summed E-state index contributed by atoms with van der Waals surface area (Å²) in [5, 5.41) is 11.4. The van der Waals surface area contributed by atoms with E-state index in [1.165, 1.54) is 12.4 Å². The molecule has 0 aliphatic heterocycles. The van der Waals surface area contributed by atoms with Crippen molar-refractivity contribution in [3.63, 3.8) is 0 Å². The number of anilines is 1. The maximum Gasteiger partial charge on any atom is 0.303 e. The molecule has 17 heavy (non-hydrogen) atoms. The second-order valence-electron chi connectivity index (χ2n) is 3.75. The van der Waals surface area contributed by atoms with Gasteiger partial charge >= 0.3 is 5.97 Å². The van der Waals surface area contributed by atoms with Gasteiger partial charge in [0.2, 0.25) is 0 Å². The van der Waals surface area contributed by atoms with Crippen LogP contribution in [-0.4, -0.2) is 27.6 Å². The van der Waals surface area contributed by atoms with E-state index in [9.17, 15) is 9.59 Å². The van der Waals surface area contributed by atoms with E-state index in [-0.39, 0.29) is 12.0 Å². The largest absolute Gasteiger partial charge is 0.481 e. The lowest BCUT2D eigenvalue weighted by Gasteiger charge is -2.03. The molecule has 0 aromatic carbocycles. The molecule has 0 atom stereocenters. The van der Waals surface area contributed by atoms with Crippen LogP contribution in [0.5, 0.6) is 0 Å². The molecule has 1 rings (SSSR count). The smallest absolute Gasteiger partial charge is 0.303 e. The Morgan fingerprint density at radius 3 is 2.82 bits per heavy atom. The van der Waals surface area contributed by atoms with Crippen molar-refractivity contribution in [2.45, 2.75) is 32.1 Å². The van der Waals surface area contributed by atoms with E-state index in [0.717, 1.165) is 19.3 Å². The lowest BCUT2D eigenvalue weighted by Crippen LogP contribution is -2.16. The molecule has 0 spiro atoms. The second kappa shape index (κ2) is 7.43. The maximum atomic E-state index is 11.2. The number of hydrogen-bond acceptors (Lipinski definition) is 4. The van der Waals surface area contributed by atoms with Crippen LogP contribution in [0.2, 0.25) is 0 Å². The van der Waals surface area contributed by atoms with Gasteiger partial charge in [0, 0.05) is 25.4 Å². The maximum absolute atomic E-state index is 11.2.